The number of hydrogen-bond acceptors (Lipinski definition) is 2. The highest BCUT2D eigenvalue weighted by atomic mass is 32.1. The highest BCUT2D eigenvalue weighted by molar-refractivity contribution is 7.80. The van der Waals surface area contributed by atoms with Crippen molar-refractivity contribution in [1.82, 2.24) is 9.78 Å². The molecule has 0 unspecified atom stereocenters. The molecule has 0 amide bonds. The molecular formula is C23H22N4S. The lowest BCUT2D eigenvalue weighted by Gasteiger charge is -2.13. The van der Waals surface area contributed by atoms with Crippen molar-refractivity contribution in [3.8, 4) is 0 Å². The summed E-state index contributed by atoms with van der Waals surface area (Å²) >= 11 is 5.58. The maximum absolute atomic E-state index is 5.58. The lowest BCUT2D eigenvalue weighted by atomic mass is 10.1. The third-order valence-electron chi connectivity index (χ3n) is 4.83. The van der Waals surface area contributed by atoms with E-state index >= 15 is 0 Å². The maximum atomic E-state index is 5.58. The molecule has 140 valence electrons. The molecule has 0 saturated heterocycles. The van der Waals surface area contributed by atoms with Crippen molar-refractivity contribution in [3.63, 3.8) is 0 Å². The molecule has 0 aliphatic heterocycles. The Balaban J connectivity index is 1.53. The summed E-state index contributed by atoms with van der Waals surface area (Å²) < 4.78 is 2.01. The molecular weight excluding hydrogens is 364 g/mol. The van der Waals surface area contributed by atoms with Gasteiger partial charge in [0.05, 0.1) is 23.6 Å². The van der Waals surface area contributed by atoms with E-state index < -0.39 is 0 Å². The molecule has 0 spiro atoms. The fourth-order valence-corrected chi connectivity index (χ4v) is 3.60. The summed E-state index contributed by atoms with van der Waals surface area (Å²) in [4.78, 5) is 0. The highest BCUT2D eigenvalue weighted by Crippen LogP contribution is 2.24. The third kappa shape index (κ3) is 3.75. The van der Waals surface area contributed by atoms with Gasteiger partial charge >= 0.3 is 0 Å². The number of nitrogens with one attached hydrogen (secondary N) is 2. The number of nitrogens with zero attached hydrogens (tertiary/aromatic N) is 2. The van der Waals surface area contributed by atoms with E-state index in [2.05, 4.69) is 53.0 Å². The molecule has 0 aliphatic carbocycles. The van der Waals surface area contributed by atoms with Crippen LogP contribution < -0.4 is 10.6 Å². The number of benzene rings is 3. The van der Waals surface area contributed by atoms with Crippen LogP contribution in [0.3, 0.4) is 0 Å². The van der Waals surface area contributed by atoms with Crippen molar-refractivity contribution in [1.29, 1.82) is 0 Å². The van der Waals surface area contributed by atoms with Crippen LogP contribution in [0.4, 0.5) is 11.4 Å². The molecule has 0 aliphatic rings. The Morgan fingerprint density at radius 3 is 2.43 bits per heavy atom. The fourth-order valence-electron chi connectivity index (χ4n) is 3.39. The second-order valence-electron chi connectivity index (χ2n) is 6.79. The van der Waals surface area contributed by atoms with Gasteiger partial charge in [0.1, 0.15) is 0 Å². The van der Waals surface area contributed by atoms with Crippen LogP contribution >= 0.6 is 12.2 Å². The second kappa shape index (κ2) is 7.82. The first-order chi connectivity index (χ1) is 13.6. The summed E-state index contributed by atoms with van der Waals surface area (Å²) in [6.07, 6.45) is 0. The summed E-state index contributed by atoms with van der Waals surface area (Å²) in [5, 5.41) is 14.2. The summed E-state index contributed by atoms with van der Waals surface area (Å²) in [5.74, 6) is 0. The minimum absolute atomic E-state index is 0.557. The van der Waals surface area contributed by atoms with Gasteiger partial charge in [-0.25, -0.2) is 0 Å². The van der Waals surface area contributed by atoms with E-state index in [4.69, 9.17) is 12.2 Å². The predicted molar refractivity (Wildman–Crippen MR) is 121 cm³/mol. The molecule has 2 N–H and O–H groups in total. The van der Waals surface area contributed by atoms with E-state index in [-0.39, 0.29) is 0 Å². The molecule has 4 nitrogen and oxygen atoms in total. The average molecular weight is 387 g/mol. The van der Waals surface area contributed by atoms with Gasteiger partial charge in [-0.3, -0.25) is 4.68 Å². The van der Waals surface area contributed by atoms with E-state index in [0.29, 0.717) is 5.11 Å². The summed E-state index contributed by atoms with van der Waals surface area (Å²) in [7, 11) is 0. The summed E-state index contributed by atoms with van der Waals surface area (Å²) in [5.41, 5.74) is 5.14. The number of hydrogen-bond donors (Lipinski definition) is 2. The Labute approximate surface area is 170 Å². The van der Waals surface area contributed by atoms with Crippen LogP contribution in [0.25, 0.3) is 10.8 Å². The maximum Gasteiger partial charge on any atom is 0.175 e. The van der Waals surface area contributed by atoms with Gasteiger partial charge in [0, 0.05) is 11.1 Å². The quantitative estimate of drug-likeness (QED) is 0.454. The monoisotopic (exact) mass is 386 g/mol. The molecule has 4 rings (SSSR count). The number of fused-ring (bicyclic) bond motifs is 1. The topological polar surface area (TPSA) is 41.9 Å². The molecule has 0 fully saturated rings. The van der Waals surface area contributed by atoms with Gasteiger partial charge in [-0.2, -0.15) is 5.10 Å². The number of aryl methyl sites for hydroxylation is 1. The average Bonchev–Trinajstić information content (AvgIpc) is 2.96. The van der Waals surface area contributed by atoms with Crippen molar-refractivity contribution >= 4 is 39.5 Å². The van der Waals surface area contributed by atoms with Crippen LogP contribution in [-0.4, -0.2) is 14.9 Å². The predicted octanol–water partition coefficient (Wildman–Crippen LogP) is 5.51. The molecule has 0 bridgehead atoms. The number of rotatable bonds is 4. The zero-order chi connectivity index (χ0) is 19.5. The van der Waals surface area contributed by atoms with Crippen LogP contribution in [0.5, 0.6) is 0 Å². The van der Waals surface area contributed by atoms with Crippen LogP contribution in [0, 0.1) is 13.8 Å². The minimum Gasteiger partial charge on any atom is -0.332 e. The Morgan fingerprint density at radius 2 is 1.61 bits per heavy atom. The zero-order valence-electron chi connectivity index (χ0n) is 15.9. The molecule has 0 radical (unpaired) electrons. The van der Waals surface area contributed by atoms with Crippen molar-refractivity contribution in [3.05, 3.63) is 89.7 Å². The third-order valence-corrected chi connectivity index (χ3v) is 5.04. The van der Waals surface area contributed by atoms with Gasteiger partial charge in [-0.15, -0.1) is 0 Å². The van der Waals surface area contributed by atoms with E-state index in [1.165, 1.54) is 10.9 Å². The Hall–Kier alpha value is -3.18. The van der Waals surface area contributed by atoms with E-state index in [9.17, 15) is 0 Å². The first-order valence-corrected chi connectivity index (χ1v) is 9.66. The Kier molecular flexibility index (Phi) is 5.08. The van der Waals surface area contributed by atoms with Gasteiger partial charge in [0.2, 0.25) is 0 Å². The van der Waals surface area contributed by atoms with Gasteiger partial charge in [0.15, 0.2) is 5.11 Å². The molecule has 3 aromatic carbocycles. The van der Waals surface area contributed by atoms with Gasteiger partial charge in [0.25, 0.3) is 0 Å². The first-order valence-electron chi connectivity index (χ1n) is 9.25. The lowest BCUT2D eigenvalue weighted by molar-refractivity contribution is 0.659. The number of aromatic nitrogens is 2. The van der Waals surface area contributed by atoms with Gasteiger partial charge < -0.3 is 10.6 Å². The Bertz CT molecular complexity index is 1130. The standard InChI is InChI=1S/C23H22N4S/c1-16-22(17(2)27(26-16)15-18-9-4-3-5-10-18)25-23(28)24-21-14-8-12-19-11-6-7-13-20(19)21/h3-14H,15H2,1-2H3,(H2,24,25,28). The molecule has 1 aromatic heterocycles. The molecule has 1 heterocycles. The summed E-state index contributed by atoms with van der Waals surface area (Å²) in [6.45, 7) is 4.79. The van der Waals surface area contributed by atoms with Crippen LogP contribution in [0.2, 0.25) is 0 Å². The fraction of sp³-hybridized carbons (Fsp3) is 0.130. The molecule has 4 aromatic rings. The van der Waals surface area contributed by atoms with E-state index in [0.717, 1.165) is 34.7 Å². The first kappa shape index (κ1) is 18.2. The van der Waals surface area contributed by atoms with Crippen LogP contribution in [0.1, 0.15) is 17.0 Å². The van der Waals surface area contributed by atoms with Gasteiger partial charge in [-0.05, 0) is 43.1 Å². The normalized spacial score (nSPS) is 10.8. The van der Waals surface area contributed by atoms with Crippen LogP contribution in [-0.2, 0) is 6.54 Å². The van der Waals surface area contributed by atoms with Crippen molar-refractivity contribution in [2.45, 2.75) is 20.4 Å². The molecule has 5 heteroatoms. The molecule has 0 saturated carbocycles. The summed E-state index contributed by atoms with van der Waals surface area (Å²) in [6, 6.07) is 24.7. The van der Waals surface area contributed by atoms with Crippen LogP contribution in [0.15, 0.2) is 72.8 Å². The lowest BCUT2D eigenvalue weighted by Crippen LogP contribution is -2.20. The number of anilines is 2. The largest absolute Gasteiger partial charge is 0.332 e. The Morgan fingerprint density at radius 1 is 0.893 bits per heavy atom. The molecule has 28 heavy (non-hydrogen) atoms. The smallest absolute Gasteiger partial charge is 0.175 e. The minimum atomic E-state index is 0.557. The SMILES string of the molecule is Cc1nn(Cc2ccccc2)c(C)c1NC(=S)Nc1cccc2ccccc12. The van der Waals surface area contributed by atoms with Crippen molar-refractivity contribution < 1.29 is 0 Å². The zero-order valence-corrected chi connectivity index (χ0v) is 16.8. The number of thiocarbonyl (C=S) groups is 1. The van der Waals surface area contributed by atoms with E-state index in [1.807, 2.05) is 54.1 Å². The van der Waals surface area contributed by atoms with Crippen molar-refractivity contribution in [2.75, 3.05) is 10.6 Å². The van der Waals surface area contributed by atoms with E-state index in [1.54, 1.807) is 0 Å². The molecule has 0 atom stereocenters. The van der Waals surface area contributed by atoms with Crippen molar-refractivity contribution in [2.24, 2.45) is 0 Å². The second-order valence-corrected chi connectivity index (χ2v) is 7.20. The van der Waals surface area contributed by atoms with Gasteiger partial charge in [-0.1, -0.05) is 66.7 Å². The highest BCUT2D eigenvalue weighted by Gasteiger charge is 2.13.